The molecule has 0 aromatic heterocycles. The van der Waals surface area contributed by atoms with Crippen molar-refractivity contribution in [1.29, 1.82) is 0 Å². The Morgan fingerprint density at radius 2 is 0.547 bits per heavy atom. The summed E-state index contributed by atoms with van der Waals surface area (Å²) in [5.74, 6) is 1.78. The molecule has 0 spiro atoms. The summed E-state index contributed by atoms with van der Waals surface area (Å²) in [6, 6.07) is 30.3. The van der Waals surface area contributed by atoms with Gasteiger partial charge in [0.1, 0.15) is 49.4 Å². The van der Waals surface area contributed by atoms with E-state index < -0.39 is 8.59 Å². The van der Waals surface area contributed by atoms with Crippen molar-refractivity contribution in [3.63, 3.8) is 0 Å². The molecule has 16 nitrogen and oxygen atoms in total. The van der Waals surface area contributed by atoms with Crippen LogP contribution in [0.2, 0.25) is 0 Å². The third kappa shape index (κ3) is 21.7. The second-order valence-corrected chi connectivity index (χ2v) is 23.5. The molecular formula is C64H76Cl6N2O14. The topological polar surface area (TPSA) is 167 Å². The maximum atomic E-state index is 13.2. The van der Waals surface area contributed by atoms with E-state index in [-0.39, 0.29) is 23.6 Å². The molecule has 3 aliphatic rings. The number of alkyl halides is 6. The fraction of sp³-hybridized carbons (Fsp3) is 0.469. The van der Waals surface area contributed by atoms with Crippen molar-refractivity contribution >= 4 is 126 Å². The number of hydrogen-bond acceptors (Lipinski definition) is 14. The Balaban J connectivity index is 0.000000256. The van der Waals surface area contributed by atoms with E-state index in [9.17, 15) is 19.2 Å². The van der Waals surface area contributed by atoms with Crippen molar-refractivity contribution in [3.8, 4) is 23.0 Å². The number of rotatable bonds is 10. The van der Waals surface area contributed by atoms with Crippen molar-refractivity contribution < 1.29 is 66.5 Å². The van der Waals surface area contributed by atoms with Gasteiger partial charge in [-0.2, -0.15) is 0 Å². The van der Waals surface area contributed by atoms with Gasteiger partial charge in [-0.25, -0.2) is 0 Å². The van der Waals surface area contributed by atoms with Crippen molar-refractivity contribution in [2.24, 2.45) is 0 Å². The number of imide groups is 2. The molecule has 0 saturated carbocycles. The van der Waals surface area contributed by atoms with E-state index in [4.69, 9.17) is 117 Å². The molecule has 0 radical (unpaired) electrons. The molecule has 0 unspecified atom stereocenters. The second-order valence-electron chi connectivity index (χ2n) is 19.5. The lowest BCUT2D eigenvalue weighted by Crippen LogP contribution is -2.43. The lowest BCUT2D eigenvalue weighted by Gasteiger charge is -2.32. The summed E-state index contributed by atoms with van der Waals surface area (Å²) in [6.07, 6.45) is 7.74. The summed E-state index contributed by atoms with van der Waals surface area (Å²) in [7, 11) is 0. The quantitative estimate of drug-likeness (QED) is 0.0722. The van der Waals surface area contributed by atoms with E-state index in [1.807, 2.05) is 72.8 Å². The highest BCUT2D eigenvalue weighted by molar-refractivity contribution is 6.63. The Morgan fingerprint density at radius 1 is 0.326 bits per heavy atom. The van der Waals surface area contributed by atoms with Crippen LogP contribution in [-0.2, 0) is 28.4 Å². The number of ether oxygens (including phenoxy) is 10. The molecular weight excluding hydrogens is 1230 g/mol. The minimum Gasteiger partial charge on any atom is -0.491 e. The second kappa shape index (κ2) is 39.2. The number of carbonyl (C=O) groups excluding carboxylic acids is 4. The van der Waals surface area contributed by atoms with Gasteiger partial charge in [-0.05, 0) is 61.4 Å². The number of amides is 4. The third-order valence-corrected chi connectivity index (χ3v) is 13.6. The number of unbranched alkanes of at least 4 members (excludes halogenated alkanes) is 6. The lowest BCUT2D eigenvalue weighted by molar-refractivity contribution is 0.00501. The van der Waals surface area contributed by atoms with Gasteiger partial charge in [0.15, 0.2) is 8.59 Å². The summed E-state index contributed by atoms with van der Waals surface area (Å²) in [5, 5.41) is 4.85. The van der Waals surface area contributed by atoms with Gasteiger partial charge in [0.05, 0.1) is 79.3 Å². The standard InChI is InChI=1S/C36H44O10.C26H30N2O4.2CHCl3/c1-5-29-30-6-2-10-34(29)44-26-22-40-18-14-38-16-20-42-24-28-46-36-12-4-7-31-32(36)8-3-11-35(31)45-27-23-41-19-15-37-13-17-39-21-25-43-33(30)9-1;1-3-5-7-9-15-27-23(29)17-11-13-19-22-20(14-12-18(21(17)22)24(27)30)26(32)28(25(19)31)16-10-8-6-4-2;2*2-1(3)4/h1-12H,13-28H2;11-14H,3-10,15-16H2,1-2H3;2*1H. The minimum absolute atomic E-state index is 0.343. The Bertz CT molecular complexity index is 2700. The Labute approximate surface area is 533 Å². The van der Waals surface area contributed by atoms with Gasteiger partial charge in [0.25, 0.3) is 23.6 Å². The maximum Gasteiger partial charge on any atom is 0.261 e. The first-order valence-electron chi connectivity index (χ1n) is 29.0. The van der Waals surface area contributed by atoms with Crippen LogP contribution >= 0.6 is 69.6 Å². The fourth-order valence-corrected chi connectivity index (χ4v) is 9.71. The highest BCUT2D eigenvalue weighted by Gasteiger charge is 2.39. The average Bonchev–Trinajstić information content (AvgIpc) is 0.744. The predicted octanol–water partition coefficient (Wildman–Crippen LogP) is 14.5. The maximum absolute atomic E-state index is 13.2. The first-order valence-corrected chi connectivity index (χ1v) is 31.7. The molecule has 8 bridgehead atoms. The van der Waals surface area contributed by atoms with E-state index >= 15 is 0 Å². The molecule has 86 heavy (non-hydrogen) atoms. The monoisotopic (exact) mass is 1310 g/mol. The number of halogens is 6. The molecule has 6 aromatic carbocycles. The van der Waals surface area contributed by atoms with E-state index in [0.717, 1.165) is 95.9 Å². The molecule has 3 aliphatic heterocycles. The number of hydrogen-bond donors (Lipinski definition) is 0. The zero-order chi connectivity index (χ0) is 61.5. The molecule has 4 amide bonds. The number of carbonyl (C=O) groups is 4. The van der Waals surface area contributed by atoms with Crippen LogP contribution in [0.25, 0.3) is 32.3 Å². The van der Waals surface area contributed by atoms with Crippen molar-refractivity contribution in [2.45, 2.75) is 73.8 Å². The largest absolute Gasteiger partial charge is 0.491 e. The molecule has 0 saturated heterocycles. The molecule has 0 N–H and O–H groups in total. The number of nitrogens with zero attached hydrogens (tertiary/aromatic N) is 2. The summed E-state index contributed by atoms with van der Waals surface area (Å²) in [5.41, 5.74) is 1.58. The summed E-state index contributed by atoms with van der Waals surface area (Å²) < 4.78 is 56.6. The van der Waals surface area contributed by atoms with Crippen LogP contribution in [0.1, 0.15) is 107 Å². The molecule has 0 aliphatic carbocycles. The normalized spacial score (nSPS) is 16.2. The highest BCUT2D eigenvalue weighted by atomic mass is 35.6. The molecule has 6 aromatic rings. The smallest absolute Gasteiger partial charge is 0.261 e. The van der Waals surface area contributed by atoms with Crippen LogP contribution in [0, 0.1) is 0 Å². The van der Waals surface area contributed by atoms with Gasteiger partial charge in [0, 0.05) is 67.7 Å². The van der Waals surface area contributed by atoms with Crippen molar-refractivity contribution in [1.82, 2.24) is 9.80 Å². The third-order valence-electron chi connectivity index (χ3n) is 13.6. The zero-order valence-electron chi connectivity index (χ0n) is 48.7. The van der Waals surface area contributed by atoms with E-state index in [0.29, 0.717) is 152 Å². The summed E-state index contributed by atoms with van der Waals surface area (Å²) in [6.45, 7) is 12.4. The average molecular weight is 1310 g/mol. The van der Waals surface area contributed by atoms with Gasteiger partial charge in [-0.15, -0.1) is 0 Å². The predicted molar refractivity (Wildman–Crippen MR) is 340 cm³/mol. The Morgan fingerprint density at radius 3 is 0.767 bits per heavy atom. The zero-order valence-corrected chi connectivity index (χ0v) is 53.2. The van der Waals surface area contributed by atoms with Gasteiger partial charge in [-0.1, -0.05) is 171 Å². The molecule has 3 heterocycles. The van der Waals surface area contributed by atoms with Crippen LogP contribution in [0.3, 0.4) is 0 Å². The molecule has 0 atom stereocenters. The van der Waals surface area contributed by atoms with Gasteiger partial charge in [0.2, 0.25) is 0 Å². The van der Waals surface area contributed by atoms with Gasteiger partial charge >= 0.3 is 0 Å². The SMILES string of the molecule is CCCCCCN1C(=O)c2ccc3c4c(ccc(c24)C1=O)C(=O)N(CCCCCC)C3=O.ClC(Cl)Cl.ClC(Cl)Cl.c1cc2c3cccc(c3c1)OCCOCCOCCOCCOc1cccc3c(cccc13)OCCOCCOCCOCCO2. The Hall–Kier alpha value is -4.92. The van der Waals surface area contributed by atoms with Crippen LogP contribution in [0.4, 0.5) is 0 Å². The lowest BCUT2D eigenvalue weighted by atomic mass is 9.86. The number of benzene rings is 6. The summed E-state index contributed by atoms with van der Waals surface area (Å²) >= 11 is 28.8. The van der Waals surface area contributed by atoms with Crippen molar-refractivity contribution in [2.75, 3.05) is 119 Å². The molecule has 0 fully saturated rings. The Kier molecular flexibility index (Phi) is 32.0. The van der Waals surface area contributed by atoms with E-state index in [2.05, 4.69) is 13.8 Å². The van der Waals surface area contributed by atoms with Crippen LogP contribution in [0.5, 0.6) is 23.0 Å². The van der Waals surface area contributed by atoms with E-state index in [1.54, 1.807) is 24.3 Å². The van der Waals surface area contributed by atoms with Crippen LogP contribution in [0.15, 0.2) is 97.1 Å². The molecule has 9 rings (SSSR count). The first kappa shape index (κ1) is 70.2. The highest BCUT2D eigenvalue weighted by Crippen LogP contribution is 2.39. The van der Waals surface area contributed by atoms with E-state index in [1.165, 1.54) is 9.80 Å². The van der Waals surface area contributed by atoms with Crippen LogP contribution in [-0.4, -0.2) is 161 Å². The molecule has 468 valence electrons. The first-order chi connectivity index (χ1) is 41.9. The van der Waals surface area contributed by atoms with Crippen molar-refractivity contribution in [3.05, 3.63) is 119 Å². The molecule has 22 heteroatoms. The fourth-order valence-electron chi connectivity index (χ4n) is 9.71. The van der Waals surface area contributed by atoms with Gasteiger partial charge in [-0.3, -0.25) is 29.0 Å². The minimum atomic E-state index is -0.750. The van der Waals surface area contributed by atoms with Crippen LogP contribution < -0.4 is 18.9 Å². The summed E-state index contributed by atoms with van der Waals surface area (Å²) in [4.78, 5) is 55.3. The van der Waals surface area contributed by atoms with Gasteiger partial charge < -0.3 is 47.4 Å².